The third kappa shape index (κ3) is 4.70. The highest BCUT2D eigenvalue weighted by molar-refractivity contribution is 7.11. The van der Waals surface area contributed by atoms with E-state index in [1.165, 1.54) is 0 Å². The first-order chi connectivity index (χ1) is 10.7. The smallest absolute Gasteiger partial charge is 0.277 e. The number of hydrogen-bond donors (Lipinski definition) is 1. The molecule has 0 spiro atoms. The predicted molar refractivity (Wildman–Crippen MR) is 90.7 cm³/mol. The fourth-order valence-corrected chi connectivity index (χ4v) is 2.53. The molecule has 0 bridgehead atoms. The lowest BCUT2D eigenvalue weighted by atomic mass is 9.98. The molecular weight excluding hydrogens is 296 g/mol. The Morgan fingerprint density at radius 3 is 2.91 bits per heavy atom. The first kappa shape index (κ1) is 16.2. The Hall–Kier alpha value is -2.14. The molecule has 1 aromatic carbocycles. The molecule has 116 valence electrons. The maximum Gasteiger partial charge on any atom is 0.277 e. The number of amides is 1. The molecule has 0 aliphatic carbocycles. The molecule has 2 rings (SSSR count). The van der Waals surface area contributed by atoms with Gasteiger partial charge in [0.2, 0.25) is 0 Å². The zero-order chi connectivity index (χ0) is 15.8. The Morgan fingerprint density at radius 1 is 1.36 bits per heavy atom. The molecule has 2 aromatic rings. The summed E-state index contributed by atoms with van der Waals surface area (Å²) in [6.07, 6.45) is 2.65. The maximum atomic E-state index is 11.7. The number of hydrogen-bond acceptors (Lipinski definition) is 4. The van der Waals surface area contributed by atoms with E-state index in [0.29, 0.717) is 5.92 Å². The van der Waals surface area contributed by atoms with Crippen LogP contribution in [0, 0.1) is 0 Å². The SMILES string of the molecule is CCC(C)c1ccccc1OCC(=O)NN=Cc1cccs1. The summed E-state index contributed by atoms with van der Waals surface area (Å²) in [6.45, 7) is 4.23. The number of nitrogens with zero attached hydrogens (tertiary/aromatic N) is 1. The van der Waals surface area contributed by atoms with E-state index in [9.17, 15) is 4.79 Å². The van der Waals surface area contributed by atoms with Crippen molar-refractivity contribution in [1.29, 1.82) is 0 Å². The van der Waals surface area contributed by atoms with E-state index < -0.39 is 0 Å². The quantitative estimate of drug-likeness (QED) is 0.624. The highest BCUT2D eigenvalue weighted by atomic mass is 32.1. The van der Waals surface area contributed by atoms with Gasteiger partial charge in [0.1, 0.15) is 5.75 Å². The molecule has 0 radical (unpaired) electrons. The lowest BCUT2D eigenvalue weighted by Gasteiger charge is -2.15. The van der Waals surface area contributed by atoms with Crippen LogP contribution in [0.1, 0.15) is 36.6 Å². The highest BCUT2D eigenvalue weighted by Gasteiger charge is 2.10. The lowest BCUT2D eigenvalue weighted by molar-refractivity contribution is -0.123. The Labute approximate surface area is 134 Å². The molecule has 4 nitrogen and oxygen atoms in total. The second-order valence-electron chi connectivity index (χ2n) is 4.94. The number of benzene rings is 1. The van der Waals surface area contributed by atoms with E-state index in [1.54, 1.807) is 17.6 Å². The van der Waals surface area contributed by atoms with Crippen molar-refractivity contribution >= 4 is 23.5 Å². The number of thiophene rings is 1. The van der Waals surface area contributed by atoms with Crippen molar-refractivity contribution in [3.05, 3.63) is 52.2 Å². The van der Waals surface area contributed by atoms with Gasteiger partial charge in [0.25, 0.3) is 5.91 Å². The van der Waals surface area contributed by atoms with Crippen LogP contribution in [0.25, 0.3) is 0 Å². The number of nitrogens with one attached hydrogen (secondary N) is 1. The second-order valence-corrected chi connectivity index (χ2v) is 5.92. The number of ether oxygens (including phenoxy) is 1. The van der Waals surface area contributed by atoms with E-state index >= 15 is 0 Å². The minimum absolute atomic E-state index is 0.0464. The molecule has 0 aliphatic rings. The van der Waals surface area contributed by atoms with Gasteiger partial charge in [-0.1, -0.05) is 38.1 Å². The minimum Gasteiger partial charge on any atom is -0.483 e. The highest BCUT2D eigenvalue weighted by Crippen LogP contribution is 2.28. The molecule has 0 aliphatic heterocycles. The number of carbonyl (C=O) groups excluding carboxylic acids is 1. The molecule has 5 heteroatoms. The number of hydrazone groups is 1. The molecule has 1 amide bonds. The normalized spacial score (nSPS) is 12.3. The Balaban J connectivity index is 1.86. The molecule has 1 N–H and O–H groups in total. The molecule has 22 heavy (non-hydrogen) atoms. The van der Waals surface area contributed by atoms with E-state index in [-0.39, 0.29) is 12.5 Å². The van der Waals surface area contributed by atoms with E-state index in [4.69, 9.17) is 4.74 Å². The molecule has 1 aromatic heterocycles. The zero-order valence-electron chi connectivity index (χ0n) is 12.8. The first-order valence-corrected chi connectivity index (χ1v) is 8.15. The third-order valence-corrected chi connectivity index (χ3v) is 4.15. The van der Waals surface area contributed by atoms with Crippen LogP contribution in [0.3, 0.4) is 0 Å². The van der Waals surface area contributed by atoms with Gasteiger partial charge in [-0.2, -0.15) is 5.10 Å². The summed E-state index contributed by atoms with van der Waals surface area (Å²) in [7, 11) is 0. The van der Waals surface area contributed by atoms with Gasteiger partial charge in [-0.3, -0.25) is 4.79 Å². The molecular formula is C17H20N2O2S. The second kappa shape index (κ2) is 8.34. The maximum absolute atomic E-state index is 11.7. The van der Waals surface area contributed by atoms with Gasteiger partial charge in [0, 0.05) is 4.88 Å². The predicted octanol–water partition coefficient (Wildman–Crippen LogP) is 3.79. The Bertz CT molecular complexity index is 623. The monoisotopic (exact) mass is 316 g/mol. The van der Waals surface area contributed by atoms with Crippen molar-refractivity contribution in [2.75, 3.05) is 6.61 Å². The number of rotatable bonds is 7. The van der Waals surface area contributed by atoms with E-state index in [1.807, 2.05) is 41.8 Å². The van der Waals surface area contributed by atoms with Gasteiger partial charge in [0.15, 0.2) is 6.61 Å². The third-order valence-electron chi connectivity index (χ3n) is 3.35. The van der Waals surface area contributed by atoms with Gasteiger partial charge in [-0.15, -0.1) is 11.3 Å². The van der Waals surface area contributed by atoms with Gasteiger partial charge in [0.05, 0.1) is 6.21 Å². The standard InChI is InChI=1S/C17H20N2O2S/c1-3-13(2)15-8-4-5-9-16(15)21-12-17(20)19-18-11-14-7-6-10-22-14/h4-11,13H,3,12H2,1-2H3,(H,19,20). The van der Waals surface area contributed by atoms with Crippen molar-refractivity contribution in [1.82, 2.24) is 5.43 Å². The van der Waals surface area contributed by atoms with Crippen molar-refractivity contribution in [3.63, 3.8) is 0 Å². The molecule has 1 atom stereocenters. The fraction of sp³-hybridized carbons (Fsp3) is 0.294. The fourth-order valence-electron chi connectivity index (χ4n) is 1.95. The van der Waals surface area contributed by atoms with E-state index in [2.05, 4.69) is 24.4 Å². The summed E-state index contributed by atoms with van der Waals surface area (Å²) in [5, 5.41) is 5.86. The average Bonchev–Trinajstić information content (AvgIpc) is 3.06. The van der Waals surface area contributed by atoms with Crippen molar-refractivity contribution in [2.24, 2.45) is 5.10 Å². The molecule has 1 unspecified atom stereocenters. The van der Waals surface area contributed by atoms with Crippen molar-refractivity contribution < 1.29 is 9.53 Å². The lowest BCUT2D eigenvalue weighted by Crippen LogP contribution is -2.24. The summed E-state index contributed by atoms with van der Waals surface area (Å²) in [5.41, 5.74) is 3.59. The molecule has 1 heterocycles. The summed E-state index contributed by atoms with van der Waals surface area (Å²) >= 11 is 1.56. The van der Waals surface area contributed by atoms with Crippen LogP contribution in [0.5, 0.6) is 5.75 Å². The number of para-hydroxylation sites is 1. The summed E-state index contributed by atoms with van der Waals surface area (Å²) in [6, 6.07) is 11.7. The molecule has 0 saturated carbocycles. The van der Waals surface area contributed by atoms with Gasteiger partial charge in [-0.25, -0.2) is 5.43 Å². The van der Waals surface area contributed by atoms with Crippen molar-refractivity contribution in [3.8, 4) is 5.75 Å². The molecule has 0 fully saturated rings. The van der Waals surface area contributed by atoms with Crippen LogP contribution in [0.4, 0.5) is 0 Å². The van der Waals surface area contributed by atoms with Crippen LogP contribution in [-0.2, 0) is 4.79 Å². The van der Waals surface area contributed by atoms with Crippen LogP contribution in [0.2, 0.25) is 0 Å². The van der Waals surface area contributed by atoms with Gasteiger partial charge >= 0.3 is 0 Å². The van der Waals surface area contributed by atoms with Gasteiger partial charge < -0.3 is 4.74 Å². The average molecular weight is 316 g/mol. The first-order valence-electron chi connectivity index (χ1n) is 7.27. The largest absolute Gasteiger partial charge is 0.483 e. The summed E-state index contributed by atoms with van der Waals surface area (Å²) in [4.78, 5) is 12.7. The van der Waals surface area contributed by atoms with Crippen LogP contribution >= 0.6 is 11.3 Å². The van der Waals surface area contributed by atoms with Crippen LogP contribution in [-0.4, -0.2) is 18.7 Å². The Morgan fingerprint density at radius 2 is 2.18 bits per heavy atom. The zero-order valence-corrected chi connectivity index (χ0v) is 13.6. The number of carbonyl (C=O) groups is 1. The summed E-state index contributed by atoms with van der Waals surface area (Å²) in [5.74, 6) is 0.886. The van der Waals surface area contributed by atoms with Crippen molar-refractivity contribution in [2.45, 2.75) is 26.2 Å². The topological polar surface area (TPSA) is 50.7 Å². The van der Waals surface area contributed by atoms with Crippen LogP contribution < -0.4 is 10.2 Å². The molecule has 0 saturated heterocycles. The Kier molecular flexibility index (Phi) is 6.15. The van der Waals surface area contributed by atoms with Gasteiger partial charge in [-0.05, 0) is 35.4 Å². The minimum atomic E-state index is -0.272. The van der Waals surface area contributed by atoms with E-state index in [0.717, 1.165) is 22.6 Å². The van der Waals surface area contributed by atoms with Crippen LogP contribution in [0.15, 0.2) is 46.9 Å². The summed E-state index contributed by atoms with van der Waals surface area (Å²) < 4.78 is 5.63.